The van der Waals surface area contributed by atoms with Crippen molar-refractivity contribution in [2.75, 3.05) is 4.90 Å². The third-order valence-corrected chi connectivity index (χ3v) is 12.4. The lowest BCUT2D eigenvalue weighted by atomic mass is 9.70. The Hall–Kier alpha value is -7.42. The van der Waals surface area contributed by atoms with Gasteiger partial charge < -0.3 is 9.47 Å². The minimum absolute atomic E-state index is 0.418. The number of anilines is 3. The largest absolute Gasteiger partial charge is 0.310 e. The van der Waals surface area contributed by atoms with Crippen molar-refractivity contribution in [1.29, 1.82) is 0 Å². The van der Waals surface area contributed by atoms with Gasteiger partial charge in [-0.05, 0) is 122 Å². The zero-order valence-electron chi connectivity index (χ0n) is 31.2. The summed E-state index contributed by atoms with van der Waals surface area (Å²) in [6, 6.07) is 80.5. The highest BCUT2D eigenvalue weighted by Crippen LogP contribution is 2.63. The third kappa shape index (κ3) is 4.53. The molecule has 12 rings (SSSR count). The van der Waals surface area contributed by atoms with E-state index in [4.69, 9.17) is 0 Å². The second kappa shape index (κ2) is 12.3. The molecule has 0 radical (unpaired) electrons. The molecule has 0 N–H and O–H groups in total. The Labute approximate surface area is 332 Å². The van der Waals surface area contributed by atoms with E-state index in [9.17, 15) is 0 Å². The molecule has 0 bridgehead atoms. The van der Waals surface area contributed by atoms with Crippen LogP contribution in [0, 0.1) is 0 Å². The van der Waals surface area contributed by atoms with Crippen molar-refractivity contribution in [3.8, 4) is 39.1 Å². The van der Waals surface area contributed by atoms with Gasteiger partial charge in [-0.1, -0.05) is 152 Å². The van der Waals surface area contributed by atoms with Gasteiger partial charge in [-0.2, -0.15) is 0 Å². The van der Waals surface area contributed by atoms with Gasteiger partial charge in [-0.15, -0.1) is 0 Å². The Morgan fingerprint density at radius 2 is 0.789 bits per heavy atom. The van der Waals surface area contributed by atoms with E-state index < -0.39 is 5.41 Å². The monoisotopic (exact) mass is 724 g/mol. The van der Waals surface area contributed by atoms with Crippen LogP contribution in [-0.2, 0) is 5.41 Å². The van der Waals surface area contributed by atoms with Crippen molar-refractivity contribution in [3.05, 3.63) is 241 Å². The predicted octanol–water partition coefficient (Wildman–Crippen LogP) is 14.3. The summed E-state index contributed by atoms with van der Waals surface area (Å²) in [5.74, 6) is 0. The summed E-state index contributed by atoms with van der Waals surface area (Å²) in [6.07, 6.45) is 0. The number of hydrogen-bond acceptors (Lipinski definition) is 1. The summed E-state index contributed by atoms with van der Waals surface area (Å²) >= 11 is 0. The van der Waals surface area contributed by atoms with Crippen LogP contribution in [0.5, 0.6) is 0 Å². The molecule has 0 unspecified atom stereocenters. The van der Waals surface area contributed by atoms with Crippen molar-refractivity contribution in [2.24, 2.45) is 0 Å². The summed E-state index contributed by atoms with van der Waals surface area (Å²) in [5, 5.41) is 2.45. The molecule has 0 saturated heterocycles. The van der Waals surface area contributed by atoms with Crippen LogP contribution < -0.4 is 4.90 Å². The van der Waals surface area contributed by atoms with Gasteiger partial charge in [-0.3, -0.25) is 0 Å². The van der Waals surface area contributed by atoms with Crippen molar-refractivity contribution >= 4 is 38.9 Å². The molecule has 10 aromatic rings. The fourth-order valence-corrected chi connectivity index (χ4v) is 10.1. The first-order valence-corrected chi connectivity index (χ1v) is 19.8. The van der Waals surface area contributed by atoms with Gasteiger partial charge in [0.15, 0.2) is 0 Å². The number of rotatable bonds is 5. The topological polar surface area (TPSA) is 8.17 Å². The maximum absolute atomic E-state index is 2.48. The average Bonchev–Trinajstić information content (AvgIpc) is 3.89. The molecule has 0 aliphatic heterocycles. The lowest BCUT2D eigenvalue weighted by Crippen LogP contribution is -2.26. The van der Waals surface area contributed by atoms with Gasteiger partial charge in [0.1, 0.15) is 0 Å². The van der Waals surface area contributed by atoms with Gasteiger partial charge in [0.05, 0.1) is 16.4 Å². The van der Waals surface area contributed by atoms with Gasteiger partial charge >= 0.3 is 0 Å². The SMILES string of the molecule is c1ccc(-c2ccc3c(c2)c2cc(N(c4ccccc4)c4ccc5c(c4)C4(c6ccccc6-c6ccccc64)c4ccccc4-5)ccc2n3-c2ccccc2)cc1. The Bertz CT molecular complexity index is 3110. The highest BCUT2D eigenvalue weighted by molar-refractivity contribution is 6.12. The first-order chi connectivity index (χ1) is 28.3. The zero-order chi connectivity index (χ0) is 37.5. The number of para-hydroxylation sites is 2. The third-order valence-electron chi connectivity index (χ3n) is 12.4. The van der Waals surface area contributed by atoms with E-state index in [-0.39, 0.29) is 0 Å². The lowest BCUT2D eigenvalue weighted by molar-refractivity contribution is 0.793. The molecule has 0 amide bonds. The van der Waals surface area contributed by atoms with E-state index in [0.717, 1.165) is 22.7 Å². The second-order valence-corrected chi connectivity index (χ2v) is 15.3. The molecule has 2 aliphatic rings. The molecule has 0 atom stereocenters. The van der Waals surface area contributed by atoms with Crippen LogP contribution in [0.15, 0.2) is 218 Å². The van der Waals surface area contributed by atoms with E-state index in [1.807, 2.05) is 0 Å². The summed E-state index contributed by atoms with van der Waals surface area (Å²) in [7, 11) is 0. The summed E-state index contributed by atoms with van der Waals surface area (Å²) in [4.78, 5) is 2.44. The Balaban J connectivity index is 1.11. The molecule has 0 saturated carbocycles. The van der Waals surface area contributed by atoms with Crippen molar-refractivity contribution in [1.82, 2.24) is 4.57 Å². The molecular weight excluding hydrogens is 689 g/mol. The number of benzene rings is 9. The molecule has 2 heteroatoms. The summed E-state index contributed by atoms with van der Waals surface area (Å²) in [6.45, 7) is 0. The van der Waals surface area contributed by atoms with Crippen LogP contribution in [0.1, 0.15) is 22.3 Å². The van der Waals surface area contributed by atoms with Crippen LogP contribution >= 0.6 is 0 Å². The molecule has 57 heavy (non-hydrogen) atoms. The van der Waals surface area contributed by atoms with Gasteiger partial charge in [0.2, 0.25) is 0 Å². The van der Waals surface area contributed by atoms with Crippen molar-refractivity contribution in [2.45, 2.75) is 5.41 Å². The van der Waals surface area contributed by atoms with E-state index in [1.165, 1.54) is 77.4 Å². The fraction of sp³-hybridized carbons (Fsp3) is 0.0182. The molecule has 0 fully saturated rings. The summed E-state index contributed by atoms with van der Waals surface area (Å²) in [5.41, 5.74) is 19.5. The van der Waals surface area contributed by atoms with Crippen LogP contribution in [0.25, 0.3) is 60.9 Å². The second-order valence-electron chi connectivity index (χ2n) is 15.3. The highest BCUT2D eigenvalue weighted by Gasteiger charge is 2.51. The lowest BCUT2D eigenvalue weighted by Gasteiger charge is -2.32. The summed E-state index contributed by atoms with van der Waals surface area (Å²) < 4.78 is 2.40. The Kier molecular flexibility index (Phi) is 6.88. The predicted molar refractivity (Wildman–Crippen MR) is 237 cm³/mol. The van der Waals surface area contributed by atoms with Gasteiger partial charge in [0.25, 0.3) is 0 Å². The fourth-order valence-electron chi connectivity index (χ4n) is 10.1. The van der Waals surface area contributed by atoms with Gasteiger partial charge in [-0.25, -0.2) is 0 Å². The maximum atomic E-state index is 2.48. The number of nitrogens with zero attached hydrogens (tertiary/aromatic N) is 2. The Morgan fingerprint density at radius 1 is 0.316 bits per heavy atom. The minimum Gasteiger partial charge on any atom is -0.310 e. The molecule has 9 aromatic carbocycles. The molecule has 1 spiro atoms. The normalized spacial score (nSPS) is 13.1. The zero-order valence-corrected chi connectivity index (χ0v) is 31.2. The number of aromatic nitrogens is 1. The van der Waals surface area contributed by atoms with Crippen LogP contribution in [-0.4, -0.2) is 4.57 Å². The minimum atomic E-state index is -0.418. The molecule has 1 heterocycles. The number of hydrogen-bond donors (Lipinski definition) is 0. The number of fused-ring (bicyclic) bond motifs is 13. The molecule has 266 valence electrons. The Morgan fingerprint density at radius 3 is 1.42 bits per heavy atom. The van der Waals surface area contributed by atoms with Crippen LogP contribution in [0.2, 0.25) is 0 Å². The highest BCUT2D eigenvalue weighted by atomic mass is 15.1. The van der Waals surface area contributed by atoms with E-state index in [2.05, 4.69) is 228 Å². The molecule has 2 nitrogen and oxygen atoms in total. The molecule has 1 aromatic heterocycles. The van der Waals surface area contributed by atoms with Crippen LogP contribution in [0.3, 0.4) is 0 Å². The smallest absolute Gasteiger partial charge is 0.0726 e. The average molecular weight is 725 g/mol. The van der Waals surface area contributed by atoms with Gasteiger partial charge in [0, 0.05) is 33.5 Å². The van der Waals surface area contributed by atoms with E-state index in [0.29, 0.717) is 0 Å². The van der Waals surface area contributed by atoms with Crippen molar-refractivity contribution < 1.29 is 0 Å². The van der Waals surface area contributed by atoms with E-state index in [1.54, 1.807) is 0 Å². The molecule has 2 aliphatic carbocycles. The standard InChI is InChI=1S/C55H36N2/c1-4-16-37(17-5-1)38-28-32-53-47(34-38)48-35-41(30-33-54(48)57(53)40-20-8-3-9-21-40)56(39-18-6-2-7-19-39)42-29-31-46-45-24-12-15-27-51(45)55(52(46)36-42)49-25-13-10-22-43(49)44-23-11-14-26-50(44)55/h1-36H. The first kappa shape index (κ1) is 31.9. The molecular formula is C55H36N2. The van der Waals surface area contributed by atoms with Crippen LogP contribution in [0.4, 0.5) is 17.1 Å². The first-order valence-electron chi connectivity index (χ1n) is 19.8. The quantitative estimate of drug-likeness (QED) is 0.172. The van der Waals surface area contributed by atoms with E-state index >= 15 is 0 Å². The maximum Gasteiger partial charge on any atom is 0.0726 e. The van der Waals surface area contributed by atoms with Crippen molar-refractivity contribution in [3.63, 3.8) is 0 Å².